The van der Waals surface area contributed by atoms with E-state index in [1.807, 2.05) is 38.1 Å². The van der Waals surface area contributed by atoms with Crippen molar-refractivity contribution < 1.29 is 4.79 Å². The Kier molecular flexibility index (Phi) is 4.59. The predicted molar refractivity (Wildman–Crippen MR) is 108 cm³/mol. The highest BCUT2D eigenvalue weighted by Crippen LogP contribution is 2.31. The smallest absolute Gasteiger partial charge is 0.258 e. The minimum Gasteiger partial charge on any atom is -0.322 e. The van der Waals surface area contributed by atoms with Crippen LogP contribution in [0.5, 0.6) is 0 Å². The average Bonchev–Trinajstić information content (AvgIpc) is 2.70. The van der Waals surface area contributed by atoms with Gasteiger partial charge in [0, 0.05) is 30.3 Å². The van der Waals surface area contributed by atoms with E-state index in [9.17, 15) is 4.79 Å². The monoisotopic (exact) mass is 358 g/mol. The summed E-state index contributed by atoms with van der Waals surface area (Å²) in [5, 5.41) is 2.95. The van der Waals surface area contributed by atoms with Crippen molar-refractivity contribution in [1.29, 1.82) is 0 Å². The van der Waals surface area contributed by atoms with Crippen LogP contribution in [0.15, 0.2) is 54.9 Å². The average molecular weight is 358 g/mol. The summed E-state index contributed by atoms with van der Waals surface area (Å²) in [4.78, 5) is 23.6. The van der Waals surface area contributed by atoms with Gasteiger partial charge in [-0.3, -0.25) is 4.79 Å². The molecule has 0 bridgehead atoms. The van der Waals surface area contributed by atoms with Gasteiger partial charge in [0.1, 0.15) is 0 Å². The zero-order chi connectivity index (χ0) is 18.8. The van der Waals surface area contributed by atoms with Gasteiger partial charge in [0.2, 0.25) is 5.95 Å². The van der Waals surface area contributed by atoms with E-state index in [2.05, 4.69) is 38.4 Å². The molecule has 3 aromatic rings. The van der Waals surface area contributed by atoms with Gasteiger partial charge in [0.25, 0.3) is 5.91 Å². The Morgan fingerprint density at radius 3 is 2.67 bits per heavy atom. The van der Waals surface area contributed by atoms with E-state index >= 15 is 0 Å². The number of amides is 1. The molecule has 0 atom stereocenters. The molecule has 5 heteroatoms. The number of anilines is 3. The number of aryl methyl sites for hydroxylation is 3. The first-order valence-electron chi connectivity index (χ1n) is 9.18. The van der Waals surface area contributed by atoms with Gasteiger partial charge < -0.3 is 10.2 Å². The maximum atomic E-state index is 12.6. The van der Waals surface area contributed by atoms with Gasteiger partial charge in [-0.05, 0) is 55.5 Å². The number of carbonyl (C=O) groups is 1. The molecule has 2 aromatic carbocycles. The minimum atomic E-state index is -0.200. The highest BCUT2D eigenvalue weighted by molar-refractivity contribution is 6.04. The van der Waals surface area contributed by atoms with E-state index in [0.29, 0.717) is 11.5 Å². The molecule has 1 N–H and O–H groups in total. The van der Waals surface area contributed by atoms with Crippen molar-refractivity contribution in [2.45, 2.75) is 26.7 Å². The third-order valence-electron chi connectivity index (χ3n) is 4.89. The Hall–Kier alpha value is -3.21. The molecule has 1 aromatic heterocycles. The van der Waals surface area contributed by atoms with E-state index < -0.39 is 0 Å². The van der Waals surface area contributed by atoms with Crippen LogP contribution in [0.25, 0.3) is 0 Å². The molecule has 1 amide bonds. The lowest BCUT2D eigenvalue weighted by molar-refractivity contribution is 0.102. The van der Waals surface area contributed by atoms with Crippen LogP contribution in [0.2, 0.25) is 0 Å². The van der Waals surface area contributed by atoms with E-state index in [-0.39, 0.29) is 5.91 Å². The molecule has 0 spiro atoms. The van der Waals surface area contributed by atoms with Crippen molar-refractivity contribution in [2.24, 2.45) is 0 Å². The second kappa shape index (κ2) is 7.19. The molecule has 5 nitrogen and oxygen atoms in total. The van der Waals surface area contributed by atoms with Gasteiger partial charge in [-0.25, -0.2) is 9.97 Å². The summed E-state index contributed by atoms with van der Waals surface area (Å²) < 4.78 is 0. The molecular weight excluding hydrogens is 336 g/mol. The van der Waals surface area contributed by atoms with Crippen LogP contribution >= 0.6 is 0 Å². The van der Waals surface area contributed by atoms with Crippen molar-refractivity contribution in [3.8, 4) is 0 Å². The normalized spacial score (nSPS) is 13.2. The van der Waals surface area contributed by atoms with E-state index in [1.54, 1.807) is 12.4 Å². The number of fused-ring (bicyclic) bond motifs is 1. The summed E-state index contributed by atoms with van der Waals surface area (Å²) in [7, 11) is 0. The molecule has 0 saturated heterocycles. The second-order valence-corrected chi connectivity index (χ2v) is 6.93. The third kappa shape index (κ3) is 3.53. The first-order chi connectivity index (χ1) is 13.1. The molecule has 27 heavy (non-hydrogen) atoms. The van der Waals surface area contributed by atoms with Gasteiger partial charge in [0.05, 0.1) is 5.56 Å². The fourth-order valence-corrected chi connectivity index (χ4v) is 3.38. The highest BCUT2D eigenvalue weighted by Gasteiger charge is 2.20. The van der Waals surface area contributed by atoms with E-state index in [0.717, 1.165) is 41.9 Å². The fourth-order valence-electron chi connectivity index (χ4n) is 3.38. The van der Waals surface area contributed by atoms with Gasteiger partial charge in [0.15, 0.2) is 0 Å². The number of rotatable bonds is 3. The number of aromatic nitrogens is 2. The van der Waals surface area contributed by atoms with Crippen molar-refractivity contribution >= 4 is 23.2 Å². The maximum Gasteiger partial charge on any atom is 0.258 e. The van der Waals surface area contributed by atoms with Gasteiger partial charge in [-0.1, -0.05) is 30.3 Å². The number of para-hydroxylation sites is 1. The zero-order valence-corrected chi connectivity index (χ0v) is 15.6. The Morgan fingerprint density at radius 2 is 1.85 bits per heavy atom. The summed E-state index contributed by atoms with van der Waals surface area (Å²) in [5.74, 6) is 0.430. The summed E-state index contributed by atoms with van der Waals surface area (Å²) in [6.45, 7) is 4.86. The largest absolute Gasteiger partial charge is 0.322 e. The van der Waals surface area contributed by atoms with Crippen LogP contribution in [-0.2, 0) is 6.42 Å². The number of hydrogen-bond donors (Lipinski definition) is 1. The van der Waals surface area contributed by atoms with Crippen LogP contribution in [0.1, 0.15) is 33.5 Å². The quantitative estimate of drug-likeness (QED) is 0.752. The van der Waals surface area contributed by atoms with Crippen molar-refractivity contribution in [1.82, 2.24) is 9.97 Å². The molecule has 0 saturated carbocycles. The summed E-state index contributed by atoms with van der Waals surface area (Å²) in [6.07, 6.45) is 5.33. The lowest BCUT2D eigenvalue weighted by atomic mass is 10.0. The molecule has 4 rings (SSSR count). The molecule has 0 aliphatic carbocycles. The minimum absolute atomic E-state index is 0.200. The van der Waals surface area contributed by atoms with Crippen molar-refractivity contribution in [2.75, 3.05) is 16.8 Å². The molecule has 0 fully saturated rings. The Bertz CT molecular complexity index is 982. The molecule has 0 radical (unpaired) electrons. The molecule has 2 heterocycles. The summed E-state index contributed by atoms with van der Waals surface area (Å²) in [6, 6.07) is 14.3. The summed E-state index contributed by atoms with van der Waals surface area (Å²) >= 11 is 0. The van der Waals surface area contributed by atoms with E-state index in [1.165, 1.54) is 5.56 Å². The lowest BCUT2D eigenvalue weighted by Crippen LogP contribution is -2.26. The molecule has 1 aliphatic heterocycles. The van der Waals surface area contributed by atoms with Crippen molar-refractivity contribution in [3.05, 3.63) is 77.1 Å². The molecule has 1 aliphatic rings. The van der Waals surface area contributed by atoms with Crippen LogP contribution in [0.3, 0.4) is 0 Å². The first-order valence-corrected chi connectivity index (χ1v) is 9.18. The first kappa shape index (κ1) is 17.2. The molecule has 0 unspecified atom stereocenters. The summed E-state index contributed by atoms with van der Waals surface area (Å²) in [5.41, 5.74) is 5.85. The fraction of sp³-hybridized carbons (Fsp3) is 0.227. The van der Waals surface area contributed by atoms with Gasteiger partial charge in [-0.2, -0.15) is 0 Å². The topological polar surface area (TPSA) is 58.1 Å². The van der Waals surface area contributed by atoms with Gasteiger partial charge >= 0.3 is 0 Å². The Morgan fingerprint density at radius 1 is 1.07 bits per heavy atom. The number of nitrogens with zero attached hydrogens (tertiary/aromatic N) is 3. The number of nitrogens with one attached hydrogen (secondary N) is 1. The Balaban J connectivity index is 1.54. The molecular formula is C22H22N4O. The second-order valence-electron chi connectivity index (χ2n) is 6.93. The number of carbonyl (C=O) groups excluding carboxylic acids is 1. The zero-order valence-electron chi connectivity index (χ0n) is 15.6. The Labute approximate surface area is 159 Å². The SMILES string of the molecule is Cc1ccc(C)c(NC(=O)c2cnc(N3CCCc4ccccc43)nc2)c1. The number of benzene rings is 2. The molecule has 136 valence electrons. The van der Waals surface area contributed by atoms with E-state index in [4.69, 9.17) is 0 Å². The van der Waals surface area contributed by atoms with Crippen LogP contribution in [0.4, 0.5) is 17.3 Å². The maximum absolute atomic E-state index is 12.6. The number of hydrogen-bond acceptors (Lipinski definition) is 4. The van der Waals surface area contributed by atoms with Crippen LogP contribution in [0, 0.1) is 13.8 Å². The van der Waals surface area contributed by atoms with Gasteiger partial charge in [-0.15, -0.1) is 0 Å². The lowest BCUT2D eigenvalue weighted by Gasteiger charge is -2.29. The third-order valence-corrected chi connectivity index (χ3v) is 4.89. The highest BCUT2D eigenvalue weighted by atomic mass is 16.1. The predicted octanol–water partition coefficient (Wildman–Crippen LogP) is 4.43. The standard InChI is InChI=1S/C22H22N4O/c1-15-9-10-16(2)19(12-15)25-21(27)18-13-23-22(24-14-18)26-11-5-7-17-6-3-4-8-20(17)26/h3-4,6,8-10,12-14H,5,7,11H2,1-2H3,(H,25,27). The van der Waals surface area contributed by atoms with Crippen molar-refractivity contribution in [3.63, 3.8) is 0 Å². The van der Waals surface area contributed by atoms with Crippen LogP contribution in [-0.4, -0.2) is 22.4 Å². The van der Waals surface area contributed by atoms with Crippen LogP contribution < -0.4 is 10.2 Å².